The zero-order valence-corrected chi connectivity index (χ0v) is 15.4. The molecule has 1 aliphatic carbocycles. The molecule has 2 aromatic carbocycles. The van der Waals surface area contributed by atoms with Crippen molar-refractivity contribution in [2.45, 2.75) is 37.6 Å². The molecule has 1 unspecified atom stereocenters. The van der Waals surface area contributed by atoms with Crippen LogP contribution in [-0.2, 0) is 21.2 Å². The van der Waals surface area contributed by atoms with Gasteiger partial charge in [0, 0.05) is 19.7 Å². The average molecular weight is 358 g/mol. The third kappa shape index (κ3) is 3.32. The van der Waals surface area contributed by atoms with Gasteiger partial charge in [-0.25, -0.2) is 8.42 Å². The van der Waals surface area contributed by atoms with Crippen LogP contribution in [0.25, 0.3) is 0 Å². The van der Waals surface area contributed by atoms with Gasteiger partial charge in [-0.15, -0.1) is 0 Å². The molecule has 0 bridgehead atoms. The summed E-state index contributed by atoms with van der Waals surface area (Å²) in [7, 11) is -2.04. The van der Waals surface area contributed by atoms with Crippen molar-refractivity contribution in [3.05, 3.63) is 59.2 Å². The zero-order valence-electron chi connectivity index (χ0n) is 14.6. The molecule has 0 fully saturated rings. The van der Waals surface area contributed by atoms with Crippen LogP contribution in [0.1, 0.15) is 36.1 Å². The Bertz CT molecular complexity index is 922. The number of carbonyl (C=O) groups excluding carboxylic acids is 1. The van der Waals surface area contributed by atoms with Gasteiger partial charge in [0.1, 0.15) is 0 Å². The van der Waals surface area contributed by atoms with E-state index in [9.17, 15) is 13.2 Å². The summed E-state index contributed by atoms with van der Waals surface area (Å²) < 4.78 is 27.9. The first kappa shape index (κ1) is 17.6. The Kier molecular flexibility index (Phi) is 4.67. The standard InChI is InChI=1S/C19H22N2O3S/c1-13-8-10-16(20-14(2)22)12-19(13)25(23,24)21(3)18-11-9-15-6-4-5-7-17(15)18/h4-8,10,12,18H,9,11H2,1-3H3,(H,20,22). The van der Waals surface area contributed by atoms with Gasteiger partial charge in [-0.05, 0) is 48.6 Å². The first-order chi connectivity index (χ1) is 11.8. The van der Waals surface area contributed by atoms with Crippen LogP contribution < -0.4 is 5.32 Å². The third-order valence-electron chi connectivity index (χ3n) is 4.71. The van der Waals surface area contributed by atoms with Crippen LogP contribution in [0, 0.1) is 6.92 Å². The third-order valence-corrected chi connectivity index (χ3v) is 6.71. The number of sulfonamides is 1. The van der Waals surface area contributed by atoms with E-state index in [1.54, 1.807) is 26.1 Å². The number of aryl methyl sites for hydroxylation is 2. The maximum atomic E-state index is 13.2. The number of benzene rings is 2. The summed E-state index contributed by atoms with van der Waals surface area (Å²) in [6, 6.07) is 12.8. The zero-order chi connectivity index (χ0) is 18.2. The fourth-order valence-electron chi connectivity index (χ4n) is 3.39. The molecule has 0 heterocycles. The first-order valence-corrected chi connectivity index (χ1v) is 9.69. The Morgan fingerprint density at radius 2 is 1.92 bits per heavy atom. The maximum absolute atomic E-state index is 13.2. The Morgan fingerprint density at radius 3 is 2.64 bits per heavy atom. The lowest BCUT2D eigenvalue weighted by molar-refractivity contribution is -0.114. The minimum absolute atomic E-state index is 0.162. The van der Waals surface area contributed by atoms with Gasteiger partial charge < -0.3 is 5.32 Å². The van der Waals surface area contributed by atoms with Gasteiger partial charge >= 0.3 is 0 Å². The van der Waals surface area contributed by atoms with Crippen LogP contribution >= 0.6 is 0 Å². The highest BCUT2D eigenvalue weighted by atomic mass is 32.2. The molecule has 1 amide bonds. The summed E-state index contributed by atoms with van der Waals surface area (Å²) in [6.45, 7) is 3.16. The Labute approximate surface area is 148 Å². The highest BCUT2D eigenvalue weighted by molar-refractivity contribution is 7.89. The van der Waals surface area contributed by atoms with Crippen molar-refractivity contribution in [3.63, 3.8) is 0 Å². The average Bonchev–Trinajstić information content (AvgIpc) is 2.99. The number of nitrogens with zero attached hydrogens (tertiary/aromatic N) is 1. The molecule has 1 N–H and O–H groups in total. The molecule has 0 saturated heterocycles. The number of anilines is 1. The monoisotopic (exact) mass is 358 g/mol. The molecule has 1 atom stereocenters. The highest BCUT2D eigenvalue weighted by Crippen LogP contribution is 2.38. The lowest BCUT2D eigenvalue weighted by atomic mass is 10.1. The van der Waals surface area contributed by atoms with Crippen molar-refractivity contribution in [1.29, 1.82) is 0 Å². The minimum atomic E-state index is -3.67. The second-order valence-electron chi connectivity index (χ2n) is 6.44. The van der Waals surface area contributed by atoms with Crippen LogP contribution in [-0.4, -0.2) is 25.7 Å². The van der Waals surface area contributed by atoms with Gasteiger partial charge in [0.25, 0.3) is 0 Å². The van der Waals surface area contributed by atoms with Gasteiger partial charge in [-0.2, -0.15) is 4.31 Å². The molecule has 3 rings (SSSR count). The van der Waals surface area contributed by atoms with Crippen LogP contribution in [0.4, 0.5) is 5.69 Å². The lowest BCUT2D eigenvalue weighted by Gasteiger charge is -2.26. The topological polar surface area (TPSA) is 66.5 Å². The number of fused-ring (bicyclic) bond motifs is 1. The molecule has 25 heavy (non-hydrogen) atoms. The number of nitrogens with one attached hydrogen (secondary N) is 1. The Hall–Kier alpha value is -2.18. The summed E-state index contributed by atoms with van der Waals surface area (Å²) in [5.74, 6) is -0.231. The molecule has 132 valence electrons. The van der Waals surface area contributed by atoms with Gasteiger partial charge in [0.2, 0.25) is 15.9 Å². The lowest BCUT2D eigenvalue weighted by Crippen LogP contribution is -2.30. The van der Waals surface area contributed by atoms with Crippen molar-refractivity contribution in [2.75, 3.05) is 12.4 Å². The quantitative estimate of drug-likeness (QED) is 0.912. The normalized spacial score (nSPS) is 16.7. The van der Waals surface area contributed by atoms with Crippen molar-refractivity contribution in [2.24, 2.45) is 0 Å². The van der Waals surface area contributed by atoms with Gasteiger partial charge in [-0.3, -0.25) is 4.79 Å². The number of carbonyl (C=O) groups is 1. The van der Waals surface area contributed by atoms with E-state index in [1.165, 1.54) is 22.9 Å². The molecule has 6 heteroatoms. The molecule has 0 aromatic heterocycles. The van der Waals surface area contributed by atoms with E-state index in [2.05, 4.69) is 11.4 Å². The molecule has 2 aromatic rings. The van der Waals surface area contributed by atoms with E-state index in [1.807, 2.05) is 18.2 Å². The summed E-state index contributed by atoms with van der Waals surface area (Å²) in [5, 5.41) is 2.65. The van der Waals surface area contributed by atoms with Crippen molar-refractivity contribution < 1.29 is 13.2 Å². The Morgan fingerprint density at radius 1 is 1.20 bits per heavy atom. The van der Waals surface area contributed by atoms with Crippen LogP contribution in [0.5, 0.6) is 0 Å². The minimum Gasteiger partial charge on any atom is -0.326 e. The molecule has 0 aliphatic heterocycles. The van der Waals surface area contributed by atoms with E-state index in [-0.39, 0.29) is 16.8 Å². The molecule has 1 aliphatic rings. The number of hydrogen-bond acceptors (Lipinski definition) is 3. The van der Waals surface area contributed by atoms with Gasteiger partial charge in [0.15, 0.2) is 0 Å². The fourth-order valence-corrected chi connectivity index (χ4v) is 5.01. The summed E-state index contributed by atoms with van der Waals surface area (Å²) in [6.07, 6.45) is 1.66. The van der Waals surface area contributed by atoms with Gasteiger partial charge in [-0.1, -0.05) is 30.3 Å². The van der Waals surface area contributed by atoms with E-state index < -0.39 is 10.0 Å². The van der Waals surface area contributed by atoms with Crippen LogP contribution in [0.2, 0.25) is 0 Å². The second-order valence-corrected chi connectivity index (χ2v) is 8.40. The van der Waals surface area contributed by atoms with Crippen LogP contribution in [0.3, 0.4) is 0 Å². The Balaban J connectivity index is 1.98. The SMILES string of the molecule is CC(=O)Nc1ccc(C)c(S(=O)(=O)N(C)C2CCc3ccccc32)c1. The maximum Gasteiger partial charge on any atom is 0.243 e. The van der Waals surface area contributed by atoms with Gasteiger partial charge in [0.05, 0.1) is 10.9 Å². The first-order valence-electron chi connectivity index (χ1n) is 8.25. The summed E-state index contributed by atoms with van der Waals surface area (Å²) in [4.78, 5) is 11.5. The number of rotatable bonds is 4. The largest absolute Gasteiger partial charge is 0.326 e. The highest BCUT2D eigenvalue weighted by Gasteiger charge is 2.34. The molecule has 5 nitrogen and oxygen atoms in total. The molecular formula is C19H22N2O3S. The predicted octanol–water partition coefficient (Wildman–Crippen LogP) is 3.26. The smallest absolute Gasteiger partial charge is 0.243 e. The summed E-state index contributed by atoms with van der Waals surface area (Å²) >= 11 is 0. The van der Waals surface area contributed by atoms with Crippen molar-refractivity contribution in [1.82, 2.24) is 4.31 Å². The van der Waals surface area contributed by atoms with Crippen molar-refractivity contribution >= 4 is 21.6 Å². The number of hydrogen-bond donors (Lipinski definition) is 1. The van der Waals surface area contributed by atoms with E-state index >= 15 is 0 Å². The molecule has 0 spiro atoms. The molecule has 0 radical (unpaired) electrons. The van der Waals surface area contributed by atoms with Crippen LogP contribution in [0.15, 0.2) is 47.4 Å². The van der Waals surface area contributed by atoms with E-state index in [0.29, 0.717) is 11.3 Å². The van der Waals surface area contributed by atoms with Crippen molar-refractivity contribution in [3.8, 4) is 0 Å². The molecule has 0 saturated carbocycles. The predicted molar refractivity (Wildman–Crippen MR) is 97.9 cm³/mol. The fraction of sp³-hybridized carbons (Fsp3) is 0.316. The molecular weight excluding hydrogens is 336 g/mol. The second kappa shape index (κ2) is 6.61. The summed E-state index contributed by atoms with van der Waals surface area (Å²) in [5.41, 5.74) is 3.42. The van der Waals surface area contributed by atoms with E-state index in [0.717, 1.165) is 18.4 Å². The van der Waals surface area contributed by atoms with E-state index in [4.69, 9.17) is 0 Å². The number of amides is 1.